The highest BCUT2D eigenvalue weighted by molar-refractivity contribution is 5.99. The molecule has 2 aromatic rings. The predicted octanol–water partition coefficient (Wildman–Crippen LogP) is 1.17. The van der Waals surface area contributed by atoms with Gasteiger partial charge in [0.15, 0.2) is 0 Å². The summed E-state index contributed by atoms with van der Waals surface area (Å²) in [7, 11) is 0. The van der Waals surface area contributed by atoms with Gasteiger partial charge in [0.1, 0.15) is 5.69 Å². The Labute approximate surface area is 134 Å². The third-order valence-corrected chi connectivity index (χ3v) is 4.42. The van der Waals surface area contributed by atoms with Crippen LogP contribution in [0, 0.1) is 5.92 Å². The van der Waals surface area contributed by atoms with Crippen LogP contribution in [0.1, 0.15) is 30.3 Å². The molecule has 6 heteroatoms. The average molecular weight is 315 g/mol. The lowest BCUT2D eigenvalue weighted by atomic mass is 9.97. The fourth-order valence-electron chi connectivity index (χ4n) is 2.81. The van der Waals surface area contributed by atoms with E-state index in [0.717, 1.165) is 23.7 Å². The van der Waals surface area contributed by atoms with Crippen molar-refractivity contribution in [1.29, 1.82) is 0 Å². The van der Waals surface area contributed by atoms with Crippen molar-refractivity contribution in [2.75, 3.05) is 13.2 Å². The molecule has 0 radical (unpaired) electrons. The van der Waals surface area contributed by atoms with Crippen molar-refractivity contribution in [3.8, 4) is 0 Å². The van der Waals surface area contributed by atoms with Gasteiger partial charge in [0, 0.05) is 10.9 Å². The zero-order valence-electron chi connectivity index (χ0n) is 13.1. The summed E-state index contributed by atoms with van der Waals surface area (Å²) in [5, 5.41) is 15.8. The third-order valence-electron chi connectivity index (χ3n) is 4.42. The molecule has 1 aliphatic carbocycles. The summed E-state index contributed by atoms with van der Waals surface area (Å²) in [5.74, 6) is -0.299. The summed E-state index contributed by atoms with van der Waals surface area (Å²) in [5.41, 5.74) is 0.706. The van der Waals surface area contributed by atoms with Gasteiger partial charge >= 0.3 is 0 Å². The molecule has 4 N–H and O–H groups in total. The lowest BCUT2D eigenvalue weighted by molar-refractivity contribution is -0.122. The molecule has 1 aromatic carbocycles. The first-order valence-corrected chi connectivity index (χ1v) is 7.80. The van der Waals surface area contributed by atoms with Crippen LogP contribution in [0.15, 0.2) is 30.3 Å². The van der Waals surface area contributed by atoms with Crippen molar-refractivity contribution in [1.82, 2.24) is 15.6 Å². The SMILES string of the molecule is CC(CO)(NC(=O)CNC(=O)c1cc2ccccc2[nH]1)C1CC1. The van der Waals surface area contributed by atoms with Gasteiger partial charge in [-0.3, -0.25) is 9.59 Å². The fourth-order valence-corrected chi connectivity index (χ4v) is 2.81. The van der Waals surface area contributed by atoms with Gasteiger partial charge in [-0.05, 0) is 37.8 Å². The second-order valence-corrected chi connectivity index (χ2v) is 6.35. The second kappa shape index (κ2) is 6.04. The fraction of sp³-hybridized carbons (Fsp3) is 0.412. The molecule has 3 rings (SSSR count). The molecular weight excluding hydrogens is 294 g/mol. The highest BCUT2D eigenvalue weighted by Crippen LogP contribution is 2.39. The highest BCUT2D eigenvalue weighted by atomic mass is 16.3. The summed E-state index contributed by atoms with van der Waals surface area (Å²) in [6, 6.07) is 9.35. The third kappa shape index (κ3) is 3.37. The zero-order chi connectivity index (χ0) is 16.4. The molecule has 0 saturated heterocycles. The molecule has 23 heavy (non-hydrogen) atoms. The van der Waals surface area contributed by atoms with E-state index in [1.807, 2.05) is 31.2 Å². The number of para-hydroxylation sites is 1. The first-order chi connectivity index (χ1) is 11.0. The standard InChI is InChI=1S/C17H21N3O3/c1-17(10-21,12-6-7-12)20-15(22)9-18-16(23)14-8-11-4-2-3-5-13(11)19-14/h2-5,8,12,19,21H,6-7,9-10H2,1H3,(H,18,23)(H,20,22). The molecule has 1 aromatic heterocycles. The summed E-state index contributed by atoms with van der Waals surface area (Å²) in [6.07, 6.45) is 2.03. The van der Waals surface area contributed by atoms with Crippen molar-refractivity contribution in [2.45, 2.75) is 25.3 Å². The summed E-state index contributed by atoms with van der Waals surface area (Å²) >= 11 is 0. The van der Waals surface area contributed by atoms with E-state index in [1.165, 1.54) is 0 Å². The lowest BCUT2D eigenvalue weighted by Gasteiger charge is -2.28. The number of aromatic nitrogens is 1. The number of fused-ring (bicyclic) bond motifs is 1. The van der Waals surface area contributed by atoms with E-state index in [4.69, 9.17) is 0 Å². The van der Waals surface area contributed by atoms with Gasteiger partial charge in [-0.2, -0.15) is 0 Å². The number of aliphatic hydroxyl groups is 1. The number of rotatable bonds is 6. The minimum absolute atomic E-state index is 0.0978. The van der Waals surface area contributed by atoms with Gasteiger partial charge < -0.3 is 20.7 Å². The van der Waals surface area contributed by atoms with Crippen LogP contribution in [0.5, 0.6) is 0 Å². The Bertz CT molecular complexity index is 703. The maximum absolute atomic E-state index is 12.1. The van der Waals surface area contributed by atoms with Crippen LogP contribution in [0.4, 0.5) is 0 Å². The Balaban J connectivity index is 1.57. The molecule has 1 aliphatic rings. The molecule has 1 unspecified atom stereocenters. The maximum Gasteiger partial charge on any atom is 0.268 e. The number of carbonyl (C=O) groups is 2. The first-order valence-electron chi connectivity index (χ1n) is 7.80. The number of aromatic amines is 1. The average Bonchev–Trinajstić information content (AvgIpc) is 3.32. The van der Waals surface area contributed by atoms with Gasteiger partial charge in [-0.1, -0.05) is 18.2 Å². The number of benzene rings is 1. The van der Waals surface area contributed by atoms with Crippen molar-refractivity contribution < 1.29 is 14.7 Å². The van der Waals surface area contributed by atoms with E-state index in [9.17, 15) is 14.7 Å². The molecule has 2 amide bonds. The number of amides is 2. The number of nitrogens with one attached hydrogen (secondary N) is 3. The normalized spacial score (nSPS) is 16.8. The van der Waals surface area contributed by atoms with Crippen molar-refractivity contribution in [3.05, 3.63) is 36.0 Å². The van der Waals surface area contributed by atoms with Crippen LogP contribution < -0.4 is 10.6 Å². The minimum Gasteiger partial charge on any atom is -0.394 e. The number of hydrogen-bond donors (Lipinski definition) is 4. The van der Waals surface area contributed by atoms with Crippen LogP contribution >= 0.6 is 0 Å². The van der Waals surface area contributed by atoms with Gasteiger partial charge in [0.25, 0.3) is 5.91 Å². The van der Waals surface area contributed by atoms with Crippen molar-refractivity contribution in [3.63, 3.8) is 0 Å². The lowest BCUT2D eigenvalue weighted by Crippen LogP contribution is -2.53. The van der Waals surface area contributed by atoms with Gasteiger partial charge in [0.05, 0.1) is 18.7 Å². The van der Waals surface area contributed by atoms with Crippen molar-refractivity contribution in [2.24, 2.45) is 5.92 Å². The molecule has 0 bridgehead atoms. The summed E-state index contributed by atoms with van der Waals surface area (Å²) in [6.45, 7) is 1.62. The highest BCUT2D eigenvalue weighted by Gasteiger charge is 2.42. The molecular formula is C17H21N3O3. The van der Waals surface area contributed by atoms with Crippen molar-refractivity contribution >= 4 is 22.7 Å². The summed E-state index contributed by atoms with van der Waals surface area (Å²) in [4.78, 5) is 27.2. The van der Waals surface area contributed by atoms with E-state index >= 15 is 0 Å². The maximum atomic E-state index is 12.1. The predicted molar refractivity (Wildman–Crippen MR) is 87.0 cm³/mol. The van der Waals surface area contributed by atoms with Crippen LogP contribution in [-0.4, -0.2) is 40.6 Å². The smallest absolute Gasteiger partial charge is 0.268 e. The molecule has 122 valence electrons. The van der Waals surface area contributed by atoms with E-state index in [2.05, 4.69) is 15.6 Å². The molecule has 6 nitrogen and oxygen atoms in total. The summed E-state index contributed by atoms with van der Waals surface area (Å²) < 4.78 is 0. The number of aliphatic hydroxyl groups excluding tert-OH is 1. The Kier molecular flexibility index (Phi) is 4.09. The monoisotopic (exact) mass is 315 g/mol. The molecule has 1 fully saturated rings. The van der Waals surface area contributed by atoms with Gasteiger partial charge in [-0.15, -0.1) is 0 Å². The molecule has 1 heterocycles. The number of hydrogen-bond acceptors (Lipinski definition) is 3. The van der Waals surface area contributed by atoms with E-state index in [0.29, 0.717) is 11.6 Å². The Morgan fingerprint density at radius 1 is 1.35 bits per heavy atom. The van der Waals surface area contributed by atoms with E-state index in [1.54, 1.807) is 6.07 Å². The topological polar surface area (TPSA) is 94.2 Å². The Hall–Kier alpha value is -2.34. The molecule has 1 saturated carbocycles. The largest absolute Gasteiger partial charge is 0.394 e. The Morgan fingerprint density at radius 3 is 2.74 bits per heavy atom. The van der Waals surface area contributed by atoms with Crippen LogP contribution in [0.2, 0.25) is 0 Å². The van der Waals surface area contributed by atoms with Crippen LogP contribution in [-0.2, 0) is 4.79 Å². The Morgan fingerprint density at radius 2 is 2.09 bits per heavy atom. The van der Waals surface area contributed by atoms with Crippen LogP contribution in [0.3, 0.4) is 0 Å². The molecule has 0 spiro atoms. The van der Waals surface area contributed by atoms with E-state index < -0.39 is 5.54 Å². The zero-order valence-corrected chi connectivity index (χ0v) is 13.1. The minimum atomic E-state index is -0.594. The quantitative estimate of drug-likeness (QED) is 0.644. The van der Waals surface area contributed by atoms with Crippen LogP contribution in [0.25, 0.3) is 10.9 Å². The first kappa shape index (κ1) is 15.6. The number of carbonyl (C=O) groups excluding carboxylic acids is 2. The van der Waals surface area contributed by atoms with Gasteiger partial charge in [0.2, 0.25) is 5.91 Å². The number of H-pyrrole nitrogens is 1. The van der Waals surface area contributed by atoms with Gasteiger partial charge in [-0.25, -0.2) is 0 Å². The molecule has 1 atom stereocenters. The second-order valence-electron chi connectivity index (χ2n) is 6.35. The molecule has 0 aliphatic heterocycles. The van der Waals surface area contributed by atoms with E-state index in [-0.39, 0.29) is 25.0 Å².